The van der Waals surface area contributed by atoms with E-state index in [4.69, 9.17) is 7.17 Å². The van der Waals surface area contributed by atoms with Crippen LogP contribution in [0.25, 0.3) is 0 Å². The molecular weight excluding hydrogens is 447 g/mol. The van der Waals surface area contributed by atoms with E-state index in [0.29, 0.717) is 13.0 Å². The summed E-state index contributed by atoms with van der Waals surface area (Å²) in [5.41, 5.74) is 1.18. The van der Waals surface area contributed by atoms with Crippen LogP contribution in [0.1, 0.15) is 43.3 Å². The van der Waals surface area contributed by atoms with Crippen LogP contribution in [0, 0.1) is 0 Å². The zero-order valence-electron chi connectivity index (χ0n) is 18.3. The molecule has 0 fully saturated rings. The van der Waals surface area contributed by atoms with Crippen LogP contribution in [0.3, 0.4) is 0 Å². The van der Waals surface area contributed by atoms with E-state index >= 15 is 0 Å². The highest BCUT2D eigenvalue weighted by atomic mass is 127. The molecule has 26 heavy (non-hydrogen) atoms. The van der Waals surface area contributed by atoms with Crippen molar-refractivity contribution in [2.45, 2.75) is 45.6 Å². The van der Waals surface area contributed by atoms with Crippen LogP contribution in [-0.2, 0) is 4.43 Å². The first kappa shape index (κ1) is 18.5. The summed E-state index contributed by atoms with van der Waals surface area (Å²) in [6, 6.07) is 21.3. The molecule has 0 aliphatic carbocycles. The highest BCUT2D eigenvalue weighted by molar-refractivity contribution is 14.1. The molecule has 0 N–H and O–H groups in total. The smallest absolute Gasteiger partial charge is 0.261 e. The van der Waals surface area contributed by atoms with Gasteiger partial charge < -0.3 is 4.43 Å². The van der Waals surface area contributed by atoms with Crippen molar-refractivity contribution in [1.82, 2.24) is 0 Å². The van der Waals surface area contributed by atoms with Gasteiger partial charge in [0.1, 0.15) is 0 Å². The zero-order valence-corrected chi connectivity index (χ0v) is 19.4. The third-order valence-corrected chi connectivity index (χ3v) is 10.3. The lowest BCUT2D eigenvalue weighted by Crippen LogP contribution is -2.66. The molecule has 3 heteroatoms. The number of allylic oxidation sites excluding steroid dienone is 1. The number of halogens is 1. The normalized spacial score (nSPS) is 14.7. The summed E-state index contributed by atoms with van der Waals surface area (Å²) in [6.45, 7) is 9.45. The van der Waals surface area contributed by atoms with Gasteiger partial charge in [0.15, 0.2) is 0 Å². The number of alkyl halides is 1. The second-order valence-corrected chi connectivity index (χ2v) is 12.7. The van der Waals surface area contributed by atoms with Crippen LogP contribution in [-0.4, -0.2) is 19.3 Å². The van der Waals surface area contributed by atoms with E-state index < -0.39 is 12.7 Å². The fraction of sp³-hybridized carbons (Fsp3) is 0.391. The SMILES string of the molecule is [2H]C([2H])(I)CC/C(C)=C/CO[Si](c1ccccc1)(c1ccccc1)C(C)(C)C. The van der Waals surface area contributed by atoms with Gasteiger partial charge in [0.25, 0.3) is 8.32 Å². The first-order valence-electron chi connectivity index (χ1n) is 10.2. The summed E-state index contributed by atoms with van der Waals surface area (Å²) in [5, 5.41) is 2.53. The molecule has 0 amide bonds. The van der Waals surface area contributed by atoms with Crippen molar-refractivity contribution in [3.63, 3.8) is 0 Å². The molecule has 2 aromatic rings. The maximum Gasteiger partial charge on any atom is 0.261 e. The molecule has 0 heterocycles. The van der Waals surface area contributed by atoms with E-state index in [1.54, 1.807) is 0 Å². The number of hydrogen-bond acceptors (Lipinski definition) is 1. The molecule has 0 saturated carbocycles. The predicted octanol–water partition coefficient (Wildman–Crippen LogP) is 5.72. The van der Waals surface area contributed by atoms with Crippen molar-refractivity contribution in [2.75, 3.05) is 11.0 Å². The van der Waals surface area contributed by atoms with Gasteiger partial charge in [-0.05, 0) is 39.6 Å². The first-order chi connectivity index (χ1) is 13.1. The minimum absolute atomic E-state index is 0.0306. The van der Waals surface area contributed by atoms with Gasteiger partial charge in [-0.2, -0.15) is 0 Å². The Morgan fingerprint density at radius 1 is 1.04 bits per heavy atom. The average molecular weight is 481 g/mol. The molecule has 0 radical (unpaired) electrons. The van der Waals surface area contributed by atoms with E-state index in [1.807, 2.05) is 22.6 Å². The third-order valence-electron chi connectivity index (χ3n) is 4.76. The molecular formula is C23H31IOSi. The van der Waals surface area contributed by atoms with Gasteiger partial charge in [0.2, 0.25) is 0 Å². The summed E-state index contributed by atoms with van der Waals surface area (Å²) >= 11 is 1.87. The van der Waals surface area contributed by atoms with Crippen molar-refractivity contribution < 1.29 is 7.17 Å². The van der Waals surface area contributed by atoms with E-state index in [-0.39, 0.29) is 5.04 Å². The summed E-state index contributed by atoms with van der Waals surface area (Å²) in [7, 11) is -2.50. The van der Waals surface area contributed by atoms with Crippen LogP contribution < -0.4 is 10.4 Å². The van der Waals surface area contributed by atoms with Gasteiger partial charge in [-0.3, -0.25) is 0 Å². The molecule has 0 spiro atoms. The van der Waals surface area contributed by atoms with Crippen molar-refractivity contribution >= 4 is 41.3 Å². The lowest BCUT2D eigenvalue weighted by molar-refractivity contribution is 0.338. The molecule has 0 saturated heterocycles. The maximum absolute atomic E-state index is 7.71. The summed E-state index contributed by atoms with van der Waals surface area (Å²) in [6.07, 6.45) is 3.40. The Morgan fingerprint density at radius 2 is 1.54 bits per heavy atom. The first-order valence-corrected chi connectivity index (χ1v) is 12.1. The predicted molar refractivity (Wildman–Crippen MR) is 125 cm³/mol. The molecule has 0 aliphatic heterocycles. The Labute approximate surface area is 177 Å². The molecule has 2 aromatic carbocycles. The van der Waals surface area contributed by atoms with Crippen molar-refractivity contribution in [1.29, 1.82) is 0 Å². The minimum Gasteiger partial charge on any atom is -0.404 e. The van der Waals surface area contributed by atoms with Crippen molar-refractivity contribution in [2.24, 2.45) is 0 Å². The second kappa shape index (κ2) is 9.86. The van der Waals surface area contributed by atoms with Gasteiger partial charge >= 0.3 is 0 Å². The monoisotopic (exact) mass is 480 g/mol. The largest absolute Gasteiger partial charge is 0.404 e. The highest BCUT2D eigenvalue weighted by Crippen LogP contribution is 2.36. The van der Waals surface area contributed by atoms with E-state index in [1.165, 1.54) is 15.9 Å². The molecule has 0 bridgehead atoms. The number of benzene rings is 2. The van der Waals surface area contributed by atoms with Crippen LogP contribution in [0.4, 0.5) is 0 Å². The fourth-order valence-corrected chi connectivity index (χ4v) is 8.18. The zero-order chi connectivity index (χ0) is 20.8. The lowest BCUT2D eigenvalue weighted by Gasteiger charge is -2.42. The Balaban J connectivity index is 2.37. The maximum atomic E-state index is 7.71. The van der Waals surface area contributed by atoms with Crippen LogP contribution >= 0.6 is 22.6 Å². The Morgan fingerprint density at radius 3 is 1.96 bits per heavy atom. The quantitative estimate of drug-likeness (QED) is 0.203. The second-order valence-electron chi connectivity index (χ2n) is 7.66. The van der Waals surface area contributed by atoms with Crippen LogP contribution in [0.2, 0.25) is 5.04 Å². The molecule has 1 nitrogen and oxygen atoms in total. The van der Waals surface area contributed by atoms with Gasteiger partial charge in [-0.15, -0.1) is 0 Å². The van der Waals surface area contributed by atoms with Crippen molar-refractivity contribution in [3.05, 3.63) is 72.3 Å². The Hall–Kier alpha value is -0.913. The van der Waals surface area contributed by atoms with Gasteiger partial charge in [0, 0.05) is 2.74 Å². The molecule has 140 valence electrons. The standard InChI is InChI=1S/C23H31IOSi/c1-20(12-11-18-24)17-19-25-26(23(2,3)4,21-13-7-5-8-14-21)22-15-9-6-10-16-22/h5-10,13-17H,11-12,18-19H2,1-4H3/b20-17+/i18D2. The average Bonchev–Trinajstić information content (AvgIpc) is 2.63. The fourth-order valence-electron chi connectivity index (χ4n) is 3.42. The van der Waals surface area contributed by atoms with E-state index in [9.17, 15) is 0 Å². The van der Waals surface area contributed by atoms with E-state index in [0.717, 1.165) is 6.42 Å². The number of rotatable bonds is 8. The summed E-state index contributed by atoms with van der Waals surface area (Å²) < 4.78 is 21.1. The minimum atomic E-state index is -2.50. The third kappa shape index (κ3) is 5.08. The number of hydrogen-bond donors (Lipinski definition) is 0. The molecule has 2 rings (SSSR count). The van der Waals surface area contributed by atoms with Gasteiger partial charge in [-0.1, -0.05) is 116 Å². The summed E-state index contributed by atoms with van der Waals surface area (Å²) in [4.78, 5) is 0. The van der Waals surface area contributed by atoms with Crippen LogP contribution in [0.15, 0.2) is 72.3 Å². The Bertz CT molecular complexity index is 725. The topological polar surface area (TPSA) is 9.23 Å². The molecule has 0 aromatic heterocycles. The van der Waals surface area contributed by atoms with E-state index in [2.05, 4.69) is 94.4 Å². The lowest BCUT2D eigenvalue weighted by atomic mass is 10.2. The van der Waals surface area contributed by atoms with Crippen LogP contribution in [0.5, 0.6) is 0 Å². The highest BCUT2D eigenvalue weighted by Gasteiger charge is 2.49. The molecule has 0 atom stereocenters. The Kier molecular flexibility index (Phi) is 7.00. The van der Waals surface area contributed by atoms with Gasteiger partial charge in [-0.25, -0.2) is 0 Å². The van der Waals surface area contributed by atoms with Crippen molar-refractivity contribution in [3.8, 4) is 0 Å². The summed E-state index contributed by atoms with van der Waals surface area (Å²) in [5.74, 6) is 0. The molecule has 0 aliphatic rings. The molecule has 0 unspecified atom stereocenters. The van der Waals surface area contributed by atoms with Gasteiger partial charge in [0.05, 0.1) is 6.61 Å².